The second-order valence-electron chi connectivity index (χ2n) is 4.13. The molecule has 0 saturated heterocycles. The first kappa shape index (κ1) is 15.7. The number of nitrogens with one attached hydrogen (secondary N) is 1. The van der Waals surface area contributed by atoms with Crippen LogP contribution in [0, 0.1) is 0 Å². The number of halogens is 2. The quantitative estimate of drug-likeness (QED) is 0.776. The van der Waals surface area contributed by atoms with E-state index in [-0.39, 0.29) is 18.3 Å². The van der Waals surface area contributed by atoms with Gasteiger partial charge in [-0.2, -0.15) is 0 Å². The Morgan fingerprint density at radius 3 is 2.95 bits per heavy atom. The highest BCUT2D eigenvalue weighted by Gasteiger charge is 2.11. The number of hydrogen-bond donors (Lipinski definition) is 1. The van der Waals surface area contributed by atoms with Crippen LogP contribution < -0.4 is 10.1 Å². The summed E-state index contributed by atoms with van der Waals surface area (Å²) in [6.45, 7) is 4.11. The van der Waals surface area contributed by atoms with Gasteiger partial charge in [-0.05, 0) is 30.3 Å². The maximum Gasteiger partial charge on any atom is 0.287 e. The van der Waals surface area contributed by atoms with Gasteiger partial charge < -0.3 is 14.5 Å². The molecule has 2 aromatic rings. The molecule has 1 aromatic heterocycles. The lowest BCUT2D eigenvalue weighted by Crippen LogP contribution is -2.22. The van der Waals surface area contributed by atoms with Gasteiger partial charge in [-0.15, -0.1) is 6.58 Å². The minimum absolute atomic E-state index is 0.191. The molecule has 0 spiro atoms. The molecule has 1 aromatic carbocycles. The molecule has 1 heterocycles. The Balaban J connectivity index is 1.96. The first-order valence-electron chi connectivity index (χ1n) is 6.16. The molecule has 1 amide bonds. The van der Waals surface area contributed by atoms with E-state index >= 15 is 0 Å². The van der Waals surface area contributed by atoms with Crippen molar-refractivity contribution in [2.24, 2.45) is 0 Å². The van der Waals surface area contributed by atoms with Gasteiger partial charge in [0, 0.05) is 11.0 Å². The van der Waals surface area contributed by atoms with E-state index in [1.807, 2.05) is 6.07 Å². The fourth-order valence-corrected chi connectivity index (χ4v) is 2.30. The van der Waals surface area contributed by atoms with E-state index in [0.717, 1.165) is 4.47 Å². The summed E-state index contributed by atoms with van der Waals surface area (Å²) in [5, 5.41) is 3.13. The van der Waals surface area contributed by atoms with E-state index in [2.05, 4.69) is 27.8 Å². The Kier molecular flexibility index (Phi) is 5.47. The molecule has 4 nitrogen and oxygen atoms in total. The third-order valence-corrected chi connectivity index (χ3v) is 3.34. The Labute approximate surface area is 135 Å². The van der Waals surface area contributed by atoms with Gasteiger partial charge >= 0.3 is 0 Å². The molecule has 110 valence electrons. The van der Waals surface area contributed by atoms with Crippen molar-refractivity contribution in [1.29, 1.82) is 0 Å². The van der Waals surface area contributed by atoms with Crippen LogP contribution >= 0.6 is 27.5 Å². The average Bonchev–Trinajstić information content (AvgIpc) is 2.93. The van der Waals surface area contributed by atoms with Crippen LogP contribution in [0.1, 0.15) is 16.3 Å². The SMILES string of the molecule is C=CCNC(=O)c1ccc(COc2ccc(Br)cc2Cl)o1. The van der Waals surface area contributed by atoms with Crippen LogP contribution in [0.2, 0.25) is 5.02 Å². The highest BCUT2D eigenvalue weighted by molar-refractivity contribution is 9.10. The second kappa shape index (κ2) is 7.33. The maximum absolute atomic E-state index is 11.7. The lowest BCUT2D eigenvalue weighted by atomic mass is 10.3. The van der Waals surface area contributed by atoms with Crippen molar-refractivity contribution >= 4 is 33.4 Å². The van der Waals surface area contributed by atoms with Crippen molar-refractivity contribution in [1.82, 2.24) is 5.32 Å². The van der Waals surface area contributed by atoms with E-state index in [9.17, 15) is 4.79 Å². The van der Waals surface area contributed by atoms with Crippen molar-refractivity contribution in [2.75, 3.05) is 6.54 Å². The van der Waals surface area contributed by atoms with Crippen molar-refractivity contribution < 1.29 is 13.9 Å². The molecule has 0 aliphatic carbocycles. The predicted molar refractivity (Wildman–Crippen MR) is 84.7 cm³/mol. The number of ether oxygens (including phenoxy) is 1. The minimum Gasteiger partial charge on any atom is -0.484 e. The Morgan fingerprint density at radius 1 is 1.43 bits per heavy atom. The van der Waals surface area contributed by atoms with Crippen LogP contribution in [0.4, 0.5) is 0 Å². The molecule has 0 saturated carbocycles. The lowest BCUT2D eigenvalue weighted by molar-refractivity contribution is 0.0926. The van der Waals surface area contributed by atoms with Crippen molar-refractivity contribution in [3.05, 3.63) is 64.0 Å². The number of carbonyl (C=O) groups excluding carboxylic acids is 1. The summed E-state index contributed by atoms with van der Waals surface area (Å²) in [4.78, 5) is 11.7. The highest BCUT2D eigenvalue weighted by Crippen LogP contribution is 2.28. The van der Waals surface area contributed by atoms with Crippen LogP contribution in [-0.4, -0.2) is 12.5 Å². The molecule has 0 radical (unpaired) electrons. The average molecular weight is 371 g/mol. The first-order chi connectivity index (χ1) is 10.1. The number of carbonyl (C=O) groups is 1. The van der Waals surface area contributed by atoms with Gasteiger partial charge in [-0.3, -0.25) is 4.79 Å². The number of benzene rings is 1. The molecular formula is C15H13BrClNO3. The molecule has 6 heteroatoms. The van der Waals surface area contributed by atoms with Crippen molar-refractivity contribution in [2.45, 2.75) is 6.61 Å². The zero-order valence-electron chi connectivity index (χ0n) is 11.1. The summed E-state index contributed by atoms with van der Waals surface area (Å²) in [6.07, 6.45) is 1.60. The smallest absolute Gasteiger partial charge is 0.287 e. The number of amides is 1. The molecule has 21 heavy (non-hydrogen) atoms. The van der Waals surface area contributed by atoms with Gasteiger partial charge in [0.1, 0.15) is 18.1 Å². The van der Waals surface area contributed by atoms with E-state index in [1.165, 1.54) is 0 Å². The van der Waals surface area contributed by atoms with Gasteiger partial charge in [0.05, 0.1) is 5.02 Å². The van der Waals surface area contributed by atoms with E-state index in [1.54, 1.807) is 30.3 Å². The van der Waals surface area contributed by atoms with E-state index in [0.29, 0.717) is 23.1 Å². The summed E-state index contributed by atoms with van der Waals surface area (Å²) < 4.78 is 11.8. The van der Waals surface area contributed by atoms with Gasteiger partial charge in [-0.25, -0.2) is 0 Å². The highest BCUT2D eigenvalue weighted by atomic mass is 79.9. The topological polar surface area (TPSA) is 51.5 Å². The van der Waals surface area contributed by atoms with Gasteiger partial charge in [-0.1, -0.05) is 33.6 Å². The second-order valence-corrected chi connectivity index (χ2v) is 5.45. The maximum atomic E-state index is 11.7. The zero-order chi connectivity index (χ0) is 15.2. The third-order valence-electron chi connectivity index (χ3n) is 2.56. The predicted octanol–water partition coefficient (Wildman–Crippen LogP) is 4.19. The van der Waals surface area contributed by atoms with Crippen molar-refractivity contribution in [3.63, 3.8) is 0 Å². The summed E-state index contributed by atoms with van der Waals surface area (Å²) >= 11 is 9.37. The molecule has 2 rings (SSSR count). The number of rotatable bonds is 6. The van der Waals surface area contributed by atoms with Crippen LogP contribution in [0.25, 0.3) is 0 Å². The van der Waals surface area contributed by atoms with Crippen LogP contribution in [0.3, 0.4) is 0 Å². The molecule has 0 aliphatic heterocycles. The molecule has 0 bridgehead atoms. The molecule has 1 N–H and O–H groups in total. The minimum atomic E-state index is -0.289. The lowest BCUT2D eigenvalue weighted by Gasteiger charge is -2.06. The fourth-order valence-electron chi connectivity index (χ4n) is 1.57. The normalized spacial score (nSPS) is 10.2. The molecule has 0 atom stereocenters. The van der Waals surface area contributed by atoms with Crippen molar-refractivity contribution in [3.8, 4) is 5.75 Å². The van der Waals surface area contributed by atoms with Gasteiger partial charge in [0.2, 0.25) is 0 Å². The number of furan rings is 1. The molecule has 0 unspecified atom stereocenters. The van der Waals surface area contributed by atoms with Crippen LogP contribution in [0.15, 0.2) is 51.9 Å². The van der Waals surface area contributed by atoms with Gasteiger partial charge in [0.15, 0.2) is 5.76 Å². The van der Waals surface area contributed by atoms with Crippen LogP contribution in [0.5, 0.6) is 5.75 Å². The van der Waals surface area contributed by atoms with Gasteiger partial charge in [0.25, 0.3) is 5.91 Å². The Hall–Kier alpha value is -1.72. The molecule has 0 fully saturated rings. The Bertz CT molecular complexity index is 654. The first-order valence-corrected chi connectivity index (χ1v) is 7.33. The Morgan fingerprint density at radius 2 is 2.24 bits per heavy atom. The number of hydrogen-bond acceptors (Lipinski definition) is 3. The zero-order valence-corrected chi connectivity index (χ0v) is 13.4. The summed E-state index contributed by atoms with van der Waals surface area (Å²) in [5.74, 6) is 1.03. The standard InChI is InChI=1S/C15H13BrClNO3/c1-2-7-18-15(19)14-6-4-11(21-14)9-20-13-5-3-10(16)8-12(13)17/h2-6,8H,1,7,9H2,(H,18,19). The van der Waals surface area contributed by atoms with E-state index < -0.39 is 0 Å². The summed E-state index contributed by atoms with van der Waals surface area (Å²) in [6, 6.07) is 8.62. The van der Waals surface area contributed by atoms with Crippen LogP contribution in [-0.2, 0) is 6.61 Å². The summed E-state index contributed by atoms with van der Waals surface area (Å²) in [5.41, 5.74) is 0. The summed E-state index contributed by atoms with van der Waals surface area (Å²) in [7, 11) is 0. The van der Waals surface area contributed by atoms with E-state index in [4.69, 9.17) is 20.8 Å². The molecular weight excluding hydrogens is 358 g/mol. The molecule has 0 aliphatic rings. The monoisotopic (exact) mass is 369 g/mol. The fraction of sp³-hybridized carbons (Fsp3) is 0.133. The third kappa shape index (κ3) is 4.37. The largest absolute Gasteiger partial charge is 0.484 e.